The first-order valence-corrected chi connectivity index (χ1v) is 5.43. The number of aromatic nitrogens is 1. The smallest absolute Gasteiger partial charge is 0.214 e. The first kappa shape index (κ1) is 11.2. The Morgan fingerprint density at radius 3 is 2.25 bits per heavy atom. The third-order valence-corrected chi connectivity index (χ3v) is 2.73. The van der Waals surface area contributed by atoms with Crippen LogP contribution in [0, 0.1) is 0 Å². The second kappa shape index (κ2) is 4.73. The molecular weight excluding hydrogens is 245 g/mol. The van der Waals surface area contributed by atoms with Crippen molar-refractivity contribution in [2.24, 2.45) is 0 Å². The molecule has 2 rings (SSSR count). The van der Waals surface area contributed by atoms with Gasteiger partial charge in [-0.15, -0.1) is 0 Å². The molecule has 0 aliphatic rings. The number of rotatable bonds is 2. The standard InChI is InChI=1S/C12H9Cl2NO/c1-16-11-7-6-10(12(14)15-11)8-2-4-9(13)5-3-8/h2-7H,1H3. The average molecular weight is 254 g/mol. The van der Waals surface area contributed by atoms with Crippen molar-refractivity contribution >= 4 is 23.2 Å². The first-order chi connectivity index (χ1) is 7.70. The zero-order valence-electron chi connectivity index (χ0n) is 8.58. The van der Waals surface area contributed by atoms with Gasteiger partial charge in [0.1, 0.15) is 5.15 Å². The highest BCUT2D eigenvalue weighted by Gasteiger charge is 2.06. The molecule has 0 aliphatic carbocycles. The Morgan fingerprint density at radius 1 is 1.00 bits per heavy atom. The average Bonchev–Trinajstić information content (AvgIpc) is 2.30. The summed E-state index contributed by atoms with van der Waals surface area (Å²) >= 11 is 11.9. The first-order valence-electron chi connectivity index (χ1n) is 4.67. The molecule has 0 atom stereocenters. The lowest BCUT2D eigenvalue weighted by atomic mass is 10.1. The summed E-state index contributed by atoms with van der Waals surface area (Å²) in [5, 5.41) is 1.11. The maximum atomic E-state index is 6.06. The summed E-state index contributed by atoms with van der Waals surface area (Å²) in [6, 6.07) is 11.1. The van der Waals surface area contributed by atoms with Crippen molar-refractivity contribution in [1.82, 2.24) is 4.98 Å². The molecule has 2 aromatic rings. The molecule has 4 heteroatoms. The molecule has 0 spiro atoms. The van der Waals surface area contributed by atoms with Gasteiger partial charge in [0.05, 0.1) is 7.11 Å². The number of nitrogens with zero attached hydrogens (tertiary/aromatic N) is 1. The Hall–Kier alpha value is -1.25. The minimum atomic E-state index is 0.418. The van der Waals surface area contributed by atoms with Gasteiger partial charge in [0.2, 0.25) is 5.88 Å². The zero-order chi connectivity index (χ0) is 11.5. The fraction of sp³-hybridized carbons (Fsp3) is 0.0833. The third-order valence-electron chi connectivity index (χ3n) is 2.19. The van der Waals surface area contributed by atoms with Crippen LogP contribution in [-0.2, 0) is 0 Å². The van der Waals surface area contributed by atoms with Gasteiger partial charge in [0, 0.05) is 16.7 Å². The molecule has 0 bridgehead atoms. The minimum Gasteiger partial charge on any atom is -0.481 e. The molecule has 2 nitrogen and oxygen atoms in total. The Bertz CT molecular complexity index is 497. The van der Waals surface area contributed by atoms with Gasteiger partial charge in [-0.3, -0.25) is 0 Å². The van der Waals surface area contributed by atoms with Gasteiger partial charge < -0.3 is 4.74 Å². The number of hydrogen-bond acceptors (Lipinski definition) is 2. The summed E-state index contributed by atoms with van der Waals surface area (Å²) in [5.41, 5.74) is 1.84. The van der Waals surface area contributed by atoms with E-state index in [1.165, 1.54) is 0 Å². The van der Waals surface area contributed by atoms with E-state index in [1.54, 1.807) is 13.2 Å². The van der Waals surface area contributed by atoms with Crippen LogP contribution in [0.25, 0.3) is 11.1 Å². The molecule has 1 aromatic heterocycles. The van der Waals surface area contributed by atoms with Crippen LogP contribution < -0.4 is 4.74 Å². The summed E-state index contributed by atoms with van der Waals surface area (Å²) in [7, 11) is 1.56. The van der Waals surface area contributed by atoms with Crippen molar-refractivity contribution in [3.63, 3.8) is 0 Å². The molecule has 0 amide bonds. The maximum absolute atomic E-state index is 6.06. The van der Waals surface area contributed by atoms with E-state index in [1.807, 2.05) is 30.3 Å². The van der Waals surface area contributed by atoms with E-state index in [2.05, 4.69) is 4.98 Å². The molecule has 82 valence electrons. The van der Waals surface area contributed by atoms with Crippen LogP contribution in [0.1, 0.15) is 0 Å². The topological polar surface area (TPSA) is 22.1 Å². The SMILES string of the molecule is COc1ccc(-c2ccc(Cl)cc2)c(Cl)n1. The largest absolute Gasteiger partial charge is 0.481 e. The predicted octanol–water partition coefficient (Wildman–Crippen LogP) is 4.06. The zero-order valence-corrected chi connectivity index (χ0v) is 10.1. The van der Waals surface area contributed by atoms with Crippen LogP contribution in [-0.4, -0.2) is 12.1 Å². The highest BCUT2D eigenvalue weighted by atomic mass is 35.5. The van der Waals surface area contributed by atoms with Crippen molar-refractivity contribution in [3.8, 4) is 17.0 Å². The van der Waals surface area contributed by atoms with Crippen LogP contribution in [0.2, 0.25) is 10.2 Å². The van der Waals surface area contributed by atoms with Gasteiger partial charge in [-0.05, 0) is 23.8 Å². The number of benzene rings is 1. The van der Waals surface area contributed by atoms with E-state index in [-0.39, 0.29) is 0 Å². The third kappa shape index (κ3) is 2.29. The molecule has 0 saturated carbocycles. The number of hydrogen-bond donors (Lipinski definition) is 0. The van der Waals surface area contributed by atoms with Gasteiger partial charge in [-0.25, -0.2) is 4.98 Å². The lowest BCUT2D eigenvalue weighted by Gasteiger charge is -2.05. The van der Waals surface area contributed by atoms with Crippen LogP contribution in [0.3, 0.4) is 0 Å². The van der Waals surface area contributed by atoms with Gasteiger partial charge >= 0.3 is 0 Å². The van der Waals surface area contributed by atoms with Crippen LogP contribution in [0.15, 0.2) is 36.4 Å². The molecular formula is C12H9Cl2NO. The number of halogens is 2. The minimum absolute atomic E-state index is 0.418. The highest BCUT2D eigenvalue weighted by Crippen LogP contribution is 2.28. The van der Waals surface area contributed by atoms with Gasteiger partial charge in [0.25, 0.3) is 0 Å². The Kier molecular flexibility index (Phi) is 3.32. The summed E-state index contributed by atoms with van der Waals surface area (Å²) < 4.78 is 4.99. The fourth-order valence-electron chi connectivity index (χ4n) is 1.38. The lowest BCUT2D eigenvalue weighted by Crippen LogP contribution is -1.89. The van der Waals surface area contributed by atoms with Crippen molar-refractivity contribution in [2.45, 2.75) is 0 Å². The second-order valence-electron chi connectivity index (χ2n) is 3.20. The predicted molar refractivity (Wildman–Crippen MR) is 66.2 cm³/mol. The van der Waals surface area contributed by atoms with E-state index < -0.39 is 0 Å². The van der Waals surface area contributed by atoms with Gasteiger partial charge in [-0.2, -0.15) is 0 Å². The normalized spacial score (nSPS) is 10.2. The molecule has 1 aromatic carbocycles. The quantitative estimate of drug-likeness (QED) is 0.754. The van der Waals surface area contributed by atoms with Gasteiger partial charge in [0.15, 0.2) is 0 Å². The van der Waals surface area contributed by atoms with Crippen LogP contribution in [0.4, 0.5) is 0 Å². The summed E-state index contributed by atoms with van der Waals surface area (Å²) in [6.07, 6.45) is 0. The van der Waals surface area contributed by atoms with Gasteiger partial charge in [-0.1, -0.05) is 35.3 Å². The van der Waals surface area contributed by atoms with E-state index in [0.29, 0.717) is 16.1 Å². The van der Waals surface area contributed by atoms with E-state index in [4.69, 9.17) is 27.9 Å². The van der Waals surface area contributed by atoms with Crippen molar-refractivity contribution in [3.05, 3.63) is 46.6 Å². The number of methoxy groups -OCH3 is 1. The molecule has 0 saturated heterocycles. The van der Waals surface area contributed by atoms with Crippen LogP contribution >= 0.6 is 23.2 Å². The molecule has 0 radical (unpaired) electrons. The molecule has 0 aliphatic heterocycles. The summed E-state index contributed by atoms with van der Waals surface area (Å²) in [4.78, 5) is 4.10. The van der Waals surface area contributed by atoms with Crippen molar-refractivity contribution in [2.75, 3.05) is 7.11 Å². The molecule has 1 heterocycles. The Labute approximate surface area is 104 Å². The summed E-state index contributed by atoms with van der Waals surface area (Å²) in [5.74, 6) is 0.503. The molecule has 0 unspecified atom stereocenters. The monoisotopic (exact) mass is 253 g/mol. The van der Waals surface area contributed by atoms with E-state index in [0.717, 1.165) is 11.1 Å². The van der Waals surface area contributed by atoms with Crippen LogP contribution in [0.5, 0.6) is 5.88 Å². The van der Waals surface area contributed by atoms with E-state index in [9.17, 15) is 0 Å². The highest BCUT2D eigenvalue weighted by molar-refractivity contribution is 6.32. The van der Waals surface area contributed by atoms with Crippen molar-refractivity contribution < 1.29 is 4.74 Å². The summed E-state index contributed by atoms with van der Waals surface area (Å²) in [6.45, 7) is 0. The molecule has 0 fully saturated rings. The molecule has 0 N–H and O–H groups in total. The Balaban J connectivity index is 2.44. The number of ether oxygens (including phenoxy) is 1. The molecule has 16 heavy (non-hydrogen) atoms. The Morgan fingerprint density at radius 2 is 1.69 bits per heavy atom. The number of pyridine rings is 1. The maximum Gasteiger partial charge on any atom is 0.214 e. The lowest BCUT2D eigenvalue weighted by molar-refractivity contribution is 0.398. The fourth-order valence-corrected chi connectivity index (χ4v) is 1.76. The van der Waals surface area contributed by atoms with Crippen molar-refractivity contribution in [1.29, 1.82) is 0 Å². The second-order valence-corrected chi connectivity index (χ2v) is 3.99. The van der Waals surface area contributed by atoms with E-state index >= 15 is 0 Å².